The van der Waals surface area contributed by atoms with Crippen LogP contribution in [-0.4, -0.2) is 29.3 Å². The minimum absolute atomic E-state index is 0.00593. The molecule has 1 atom stereocenters. The van der Waals surface area contributed by atoms with Crippen LogP contribution in [0.1, 0.15) is 33.6 Å². The molecule has 0 fully saturated rings. The Morgan fingerprint density at radius 3 is 2.88 bits per heavy atom. The molecule has 0 aromatic heterocycles. The van der Waals surface area contributed by atoms with E-state index in [4.69, 9.17) is 4.74 Å². The summed E-state index contributed by atoms with van der Waals surface area (Å²) < 4.78 is 5.11. The standard InChI is InChI=1S/C12H20O2S2/c1-4-14-12(13)11-8-9(2)10(3)15-6-5-7-16-11/h11H,4-8H2,1-3H3/b10-9-. The zero-order valence-corrected chi connectivity index (χ0v) is 11.9. The summed E-state index contributed by atoms with van der Waals surface area (Å²) in [6.45, 7) is 6.62. The van der Waals surface area contributed by atoms with Gasteiger partial charge in [-0.25, -0.2) is 0 Å². The van der Waals surface area contributed by atoms with E-state index in [2.05, 4.69) is 13.8 Å². The normalized spacial score (nSPS) is 27.8. The lowest BCUT2D eigenvalue weighted by molar-refractivity contribution is -0.142. The molecule has 0 aromatic rings. The molecule has 1 unspecified atom stereocenters. The molecule has 4 heteroatoms. The molecule has 0 saturated carbocycles. The van der Waals surface area contributed by atoms with E-state index in [1.807, 2.05) is 18.7 Å². The van der Waals surface area contributed by atoms with Gasteiger partial charge in [0, 0.05) is 0 Å². The predicted octanol–water partition coefficient (Wildman–Crippen LogP) is 3.47. The third-order valence-electron chi connectivity index (χ3n) is 2.57. The first-order valence-electron chi connectivity index (χ1n) is 5.72. The quantitative estimate of drug-likeness (QED) is 0.710. The van der Waals surface area contributed by atoms with E-state index in [-0.39, 0.29) is 11.2 Å². The fourth-order valence-electron chi connectivity index (χ4n) is 1.50. The summed E-state index contributed by atoms with van der Waals surface area (Å²) in [6.07, 6.45) is 2.00. The molecule has 92 valence electrons. The van der Waals surface area contributed by atoms with Gasteiger partial charge in [-0.15, -0.1) is 23.5 Å². The van der Waals surface area contributed by atoms with E-state index in [9.17, 15) is 4.79 Å². The van der Waals surface area contributed by atoms with Crippen LogP contribution < -0.4 is 0 Å². The van der Waals surface area contributed by atoms with Crippen molar-refractivity contribution in [3.63, 3.8) is 0 Å². The average Bonchev–Trinajstić information content (AvgIpc) is 2.33. The molecule has 0 bridgehead atoms. The molecule has 1 heterocycles. The highest BCUT2D eigenvalue weighted by Gasteiger charge is 2.22. The molecule has 0 saturated heterocycles. The molecule has 16 heavy (non-hydrogen) atoms. The second kappa shape index (κ2) is 7.28. The Balaban J connectivity index is 2.67. The molecule has 1 aliphatic rings. The van der Waals surface area contributed by atoms with Crippen molar-refractivity contribution in [2.24, 2.45) is 0 Å². The number of allylic oxidation sites excluding steroid dienone is 2. The maximum atomic E-state index is 11.8. The minimum atomic E-state index is -0.0495. The van der Waals surface area contributed by atoms with Crippen molar-refractivity contribution in [2.75, 3.05) is 18.1 Å². The van der Waals surface area contributed by atoms with Gasteiger partial charge in [0.05, 0.1) is 6.61 Å². The summed E-state index contributed by atoms with van der Waals surface area (Å²) in [6, 6.07) is 0. The van der Waals surface area contributed by atoms with E-state index in [1.54, 1.807) is 11.8 Å². The zero-order chi connectivity index (χ0) is 12.0. The summed E-state index contributed by atoms with van der Waals surface area (Å²) in [5, 5.41) is -0.00593. The van der Waals surface area contributed by atoms with Crippen molar-refractivity contribution < 1.29 is 9.53 Å². The van der Waals surface area contributed by atoms with E-state index in [1.165, 1.54) is 10.5 Å². The van der Waals surface area contributed by atoms with Gasteiger partial charge < -0.3 is 4.74 Å². The maximum absolute atomic E-state index is 11.8. The highest BCUT2D eigenvalue weighted by Crippen LogP contribution is 2.30. The number of hydrogen-bond donors (Lipinski definition) is 0. The first kappa shape index (κ1) is 14.0. The molecule has 0 aromatic carbocycles. The lowest BCUT2D eigenvalue weighted by Crippen LogP contribution is -2.21. The molecule has 0 amide bonds. The minimum Gasteiger partial charge on any atom is -0.465 e. The number of carbonyl (C=O) groups is 1. The summed E-state index contributed by atoms with van der Waals surface area (Å²) >= 11 is 3.66. The Morgan fingerprint density at radius 2 is 2.19 bits per heavy atom. The zero-order valence-electron chi connectivity index (χ0n) is 10.2. The number of carbonyl (C=O) groups excluding carboxylic acids is 1. The van der Waals surface area contributed by atoms with Crippen molar-refractivity contribution in [3.05, 3.63) is 10.5 Å². The Kier molecular flexibility index (Phi) is 6.36. The summed E-state index contributed by atoms with van der Waals surface area (Å²) in [5.41, 5.74) is 1.33. The van der Waals surface area contributed by atoms with Gasteiger partial charge in [-0.1, -0.05) is 5.57 Å². The summed E-state index contributed by atoms with van der Waals surface area (Å²) in [5.74, 6) is 2.16. The average molecular weight is 260 g/mol. The largest absolute Gasteiger partial charge is 0.465 e. The van der Waals surface area contributed by atoms with Gasteiger partial charge in [0.15, 0.2) is 0 Å². The fourth-order valence-corrected chi connectivity index (χ4v) is 3.78. The first-order chi connectivity index (χ1) is 7.65. The molecular formula is C12H20O2S2. The van der Waals surface area contributed by atoms with Crippen LogP contribution in [0.2, 0.25) is 0 Å². The van der Waals surface area contributed by atoms with E-state index >= 15 is 0 Å². The lowest BCUT2D eigenvalue weighted by Gasteiger charge is -2.15. The number of rotatable bonds is 2. The SMILES string of the molecule is CCOC(=O)C1C/C(C)=C(/C)SCCCS1. The lowest BCUT2D eigenvalue weighted by atomic mass is 10.1. The Labute approximate surface area is 107 Å². The summed E-state index contributed by atoms with van der Waals surface area (Å²) in [4.78, 5) is 13.1. The molecule has 1 rings (SSSR count). The van der Waals surface area contributed by atoms with Crippen molar-refractivity contribution in [1.82, 2.24) is 0 Å². The number of hydrogen-bond acceptors (Lipinski definition) is 4. The topological polar surface area (TPSA) is 26.3 Å². The van der Waals surface area contributed by atoms with Crippen LogP contribution in [0.4, 0.5) is 0 Å². The van der Waals surface area contributed by atoms with Gasteiger partial charge in [0.1, 0.15) is 5.25 Å². The van der Waals surface area contributed by atoms with Crippen molar-refractivity contribution in [3.8, 4) is 0 Å². The smallest absolute Gasteiger partial charge is 0.319 e. The molecular weight excluding hydrogens is 240 g/mol. The fraction of sp³-hybridized carbons (Fsp3) is 0.750. The van der Waals surface area contributed by atoms with Crippen molar-refractivity contribution >= 4 is 29.5 Å². The van der Waals surface area contributed by atoms with Crippen LogP contribution in [0.15, 0.2) is 10.5 Å². The third-order valence-corrected chi connectivity index (χ3v) is 5.13. The molecule has 0 radical (unpaired) electrons. The molecule has 1 aliphatic heterocycles. The van der Waals surface area contributed by atoms with Crippen LogP contribution in [-0.2, 0) is 9.53 Å². The van der Waals surface area contributed by atoms with Crippen LogP contribution >= 0.6 is 23.5 Å². The van der Waals surface area contributed by atoms with Gasteiger partial charge in [0.25, 0.3) is 0 Å². The molecule has 0 aliphatic carbocycles. The van der Waals surface area contributed by atoms with Crippen molar-refractivity contribution in [2.45, 2.75) is 38.9 Å². The predicted molar refractivity (Wildman–Crippen MR) is 72.9 cm³/mol. The Morgan fingerprint density at radius 1 is 1.44 bits per heavy atom. The highest BCUT2D eigenvalue weighted by molar-refractivity contribution is 8.03. The van der Waals surface area contributed by atoms with Crippen LogP contribution in [0.25, 0.3) is 0 Å². The van der Waals surface area contributed by atoms with Gasteiger partial charge in [-0.05, 0) is 50.0 Å². The molecule has 0 spiro atoms. The molecule has 0 N–H and O–H groups in total. The van der Waals surface area contributed by atoms with Gasteiger partial charge in [-0.2, -0.15) is 0 Å². The van der Waals surface area contributed by atoms with Crippen molar-refractivity contribution in [1.29, 1.82) is 0 Å². The Hall–Kier alpha value is -0.0900. The van der Waals surface area contributed by atoms with Gasteiger partial charge >= 0.3 is 5.97 Å². The van der Waals surface area contributed by atoms with Crippen LogP contribution in [0.3, 0.4) is 0 Å². The molecule has 2 nitrogen and oxygen atoms in total. The number of ether oxygens (including phenoxy) is 1. The monoisotopic (exact) mass is 260 g/mol. The van der Waals surface area contributed by atoms with E-state index in [0.717, 1.165) is 24.3 Å². The highest BCUT2D eigenvalue weighted by atomic mass is 32.2. The van der Waals surface area contributed by atoms with Crippen LogP contribution in [0.5, 0.6) is 0 Å². The Bertz CT molecular complexity index is 274. The van der Waals surface area contributed by atoms with Crippen LogP contribution in [0, 0.1) is 0 Å². The maximum Gasteiger partial charge on any atom is 0.319 e. The number of thioether (sulfide) groups is 2. The second-order valence-corrected chi connectivity index (χ2v) is 6.47. The summed E-state index contributed by atoms with van der Waals surface area (Å²) in [7, 11) is 0. The first-order valence-corrected chi connectivity index (χ1v) is 7.76. The van der Waals surface area contributed by atoms with E-state index < -0.39 is 0 Å². The third kappa shape index (κ3) is 4.42. The number of esters is 1. The van der Waals surface area contributed by atoms with E-state index in [0.29, 0.717) is 6.61 Å². The second-order valence-electron chi connectivity index (χ2n) is 3.85. The van der Waals surface area contributed by atoms with Gasteiger partial charge in [0.2, 0.25) is 0 Å². The van der Waals surface area contributed by atoms with Gasteiger partial charge in [-0.3, -0.25) is 4.79 Å².